The van der Waals surface area contributed by atoms with Gasteiger partial charge in [0, 0.05) is 6.54 Å². The summed E-state index contributed by atoms with van der Waals surface area (Å²) >= 11 is 1.49. The van der Waals surface area contributed by atoms with Gasteiger partial charge in [-0.3, -0.25) is 4.79 Å². The van der Waals surface area contributed by atoms with Crippen molar-refractivity contribution in [1.82, 2.24) is 5.32 Å². The Hall–Kier alpha value is -0.220. The molecule has 0 spiro atoms. The number of hydrogen-bond acceptors (Lipinski definition) is 3. The third kappa shape index (κ3) is 5.09. The molecule has 0 aromatic heterocycles. The third-order valence-electron chi connectivity index (χ3n) is 1.36. The van der Waals surface area contributed by atoms with E-state index in [1.165, 1.54) is 11.8 Å². The van der Waals surface area contributed by atoms with Crippen LogP contribution in [0, 0.1) is 0 Å². The summed E-state index contributed by atoms with van der Waals surface area (Å²) in [7, 11) is 0. The lowest BCUT2D eigenvalue weighted by molar-refractivity contribution is -0.117. The predicted octanol–water partition coefficient (Wildman–Crippen LogP) is 0.203. The Morgan fingerprint density at radius 3 is 2.73 bits per heavy atom. The van der Waals surface area contributed by atoms with E-state index in [4.69, 9.17) is 5.73 Å². The molecule has 1 unspecified atom stereocenters. The number of nitrogens with one attached hydrogen (secondary N) is 1. The molecule has 0 bridgehead atoms. The number of nitrogens with two attached hydrogens (primary N) is 1. The Kier molecular flexibility index (Phi) is 6.36. The van der Waals surface area contributed by atoms with Gasteiger partial charge in [-0.15, -0.1) is 0 Å². The van der Waals surface area contributed by atoms with Crippen LogP contribution < -0.4 is 11.1 Å². The maximum Gasteiger partial charge on any atom is 0.231 e. The van der Waals surface area contributed by atoms with Crippen molar-refractivity contribution in [1.29, 1.82) is 0 Å². The molecule has 3 N–H and O–H groups in total. The third-order valence-corrected chi connectivity index (χ3v) is 2.33. The van der Waals surface area contributed by atoms with Gasteiger partial charge >= 0.3 is 0 Å². The summed E-state index contributed by atoms with van der Waals surface area (Å²) in [5.41, 5.74) is 5.13. The number of primary amides is 1. The Labute approximate surface area is 72.1 Å². The molecule has 0 fully saturated rings. The SMILES string of the molecule is CCCNCC(SC)C(N)=O. The number of thioether (sulfide) groups is 1. The second-order valence-electron chi connectivity index (χ2n) is 2.33. The van der Waals surface area contributed by atoms with Gasteiger partial charge < -0.3 is 11.1 Å². The first-order valence-corrected chi connectivity index (χ1v) is 5.04. The van der Waals surface area contributed by atoms with Gasteiger partial charge in [-0.2, -0.15) is 11.8 Å². The van der Waals surface area contributed by atoms with Crippen molar-refractivity contribution in [3.8, 4) is 0 Å². The first-order valence-electron chi connectivity index (χ1n) is 3.75. The van der Waals surface area contributed by atoms with E-state index in [-0.39, 0.29) is 11.2 Å². The van der Waals surface area contributed by atoms with Crippen molar-refractivity contribution in [2.45, 2.75) is 18.6 Å². The fraction of sp³-hybridized carbons (Fsp3) is 0.857. The molecule has 3 nitrogen and oxygen atoms in total. The Balaban J connectivity index is 3.44. The van der Waals surface area contributed by atoms with Crippen molar-refractivity contribution in [3.63, 3.8) is 0 Å². The zero-order valence-electron chi connectivity index (χ0n) is 7.09. The molecule has 0 aromatic rings. The van der Waals surface area contributed by atoms with Crippen molar-refractivity contribution < 1.29 is 4.79 Å². The molecule has 0 rings (SSSR count). The van der Waals surface area contributed by atoms with Crippen molar-refractivity contribution in [2.75, 3.05) is 19.3 Å². The van der Waals surface area contributed by atoms with Crippen LogP contribution in [0.15, 0.2) is 0 Å². The zero-order valence-corrected chi connectivity index (χ0v) is 7.91. The molecule has 11 heavy (non-hydrogen) atoms. The molecular weight excluding hydrogens is 160 g/mol. The molecule has 1 atom stereocenters. The highest BCUT2D eigenvalue weighted by molar-refractivity contribution is 7.99. The minimum Gasteiger partial charge on any atom is -0.369 e. The van der Waals surface area contributed by atoms with Gasteiger partial charge in [0.1, 0.15) is 0 Å². The maximum absolute atomic E-state index is 10.7. The number of carbonyl (C=O) groups excluding carboxylic acids is 1. The van der Waals surface area contributed by atoms with E-state index in [1.54, 1.807) is 0 Å². The van der Waals surface area contributed by atoms with Crippen molar-refractivity contribution in [2.24, 2.45) is 5.73 Å². The smallest absolute Gasteiger partial charge is 0.231 e. The van der Waals surface area contributed by atoms with Crippen LogP contribution in [-0.2, 0) is 4.79 Å². The van der Waals surface area contributed by atoms with Gasteiger partial charge in [-0.25, -0.2) is 0 Å². The van der Waals surface area contributed by atoms with Gasteiger partial charge in [0.25, 0.3) is 0 Å². The average Bonchev–Trinajstić information content (AvgIpc) is 1.97. The van der Waals surface area contributed by atoms with E-state index in [0.717, 1.165) is 13.0 Å². The number of rotatable bonds is 6. The predicted molar refractivity (Wildman–Crippen MR) is 49.7 cm³/mol. The zero-order chi connectivity index (χ0) is 8.69. The highest BCUT2D eigenvalue weighted by atomic mass is 32.2. The molecule has 66 valence electrons. The first-order chi connectivity index (χ1) is 5.22. The fourth-order valence-corrected chi connectivity index (χ4v) is 1.23. The van der Waals surface area contributed by atoms with Crippen molar-refractivity contribution in [3.05, 3.63) is 0 Å². The molecule has 0 aliphatic rings. The normalized spacial score (nSPS) is 12.9. The van der Waals surface area contributed by atoms with Crippen LogP contribution in [0.2, 0.25) is 0 Å². The Morgan fingerprint density at radius 2 is 2.36 bits per heavy atom. The van der Waals surface area contributed by atoms with E-state index in [0.29, 0.717) is 6.54 Å². The number of hydrogen-bond donors (Lipinski definition) is 2. The summed E-state index contributed by atoms with van der Waals surface area (Å²) in [6.07, 6.45) is 2.98. The molecule has 0 radical (unpaired) electrons. The standard InChI is InChI=1S/C7H16N2OS/c1-3-4-9-5-6(11-2)7(8)10/h6,9H,3-5H2,1-2H3,(H2,8,10). The number of carbonyl (C=O) groups is 1. The van der Waals surface area contributed by atoms with Crippen LogP contribution in [0.25, 0.3) is 0 Å². The van der Waals surface area contributed by atoms with Crippen LogP contribution in [0.5, 0.6) is 0 Å². The second kappa shape index (κ2) is 6.49. The lowest BCUT2D eigenvalue weighted by atomic mass is 10.4. The topological polar surface area (TPSA) is 55.1 Å². The molecule has 0 aliphatic carbocycles. The van der Waals surface area contributed by atoms with Crippen molar-refractivity contribution >= 4 is 17.7 Å². The van der Waals surface area contributed by atoms with Crippen LogP contribution in [0.4, 0.5) is 0 Å². The monoisotopic (exact) mass is 176 g/mol. The Morgan fingerprint density at radius 1 is 1.73 bits per heavy atom. The summed E-state index contributed by atoms with van der Waals surface area (Å²) in [5, 5.41) is 3.06. The van der Waals surface area contributed by atoms with Gasteiger partial charge in [0.2, 0.25) is 5.91 Å². The van der Waals surface area contributed by atoms with Crippen LogP contribution >= 0.6 is 11.8 Å². The van der Waals surface area contributed by atoms with Crippen LogP contribution in [0.1, 0.15) is 13.3 Å². The van der Waals surface area contributed by atoms with Gasteiger partial charge in [-0.05, 0) is 19.2 Å². The fourth-order valence-electron chi connectivity index (χ4n) is 0.710. The van der Waals surface area contributed by atoms with Crippen LogP contribution in [0.3, 0.4) is 0 Å². The van der Waals surface area contributed by atoms with E-state index in [9.17, 15) is 4.79 Å². The van der Waals surface area contributed by atoms with E-state index in [1.807, 2.05) is 6.26 Å². The van der Waals surface area contributed by atoms with E-state index >= 15 is 0 Å². The first kappa shape index (κ1) is 10.8. The van der Waals surface area contributed by atoms with E-state index < -0.39 is 0 Å². The molecule has 4 heteroatoms. The highest BCUT2D eigenvalue weighted by Gasteiger charge is 2.11. The lowest BCUT2D eigenvalue weighted by Gasteiger charge is -2.10. The number of amides is 1. The van der Waals surface area contributed by atoms with Gasteiger partial charge in [-0.1, -0.05) is 6.92 Å². The average molecular weight is 176 g/mol. The molecule has 0 saturated carbocycles. The summed E-state index contributed by atoms with van der Waals surface area (Å²) in [4.78, 5) is 10.7. The van der Waals surface area contributed by atoms with Crippen LogP contribution in [-0.4, -0.2) is 30.5 Å². The van der Waals surface area contributed by atoms with Gasteiger partial charge in [0.05, 0.1) is 5.25 Å². The quantitative estimate of drug-likeness (QED) is 0.569. The molecular formula is C7H16N2OS. The highest BCUT2D eigenvalue weighted by Crippen LogP contribution is 2.03. The molecule has 0 heterocycles. The summed E-state index contributed by atoms with van der Waals surface area (Å²) in [6.45, 7) is 3.72. The minimum absolute atomic E-state index is 0.0819. The second-order valence-corrected chi connectivity index (χ2v) is 3.37. The van der Waals surface area contributed by atoms with E-state index in [2.05, 4.69) is 12.2 Å². The molecule has 0 aromatic carbocycles. The maximum atomic E-state index is 10.7. The largest absolute Gasteiger partial charge is 0.369 e. The van der Waals surface area contributed by atoms with Gasteiger partial charge in [0.15, 0.2) is 0 Å². The molecule has 0 saturated heterocycles. The summed E-state index contributed by atoms with van der Waals surface area (Å²) < 4.78 is 0. The lowest BCUT2D eigenvalue weighted by Crippen LogP contribution is -2.35. The minimum atomic E-state index is -0.235. The molecule has 1 amide bonds. The summed E-state index contributed by atoms with van der Waals surface area (Å²) in [5.74, 6) is -0.235. The summed E-state index contributed by atoms with van der Waals surface area (Å²) in [6, 6.07) is 0. The Bertz CT molecular complexity index is 119. The molecule has 0 aliphatic heterocycles.